The molecule has 6 heteroatoms. The summed E-state index contributed by atoms with van der Waals surface area (Å²) in [5.41, 5.74) is 3.81. The Hall–Kier alpha value is -4.03. The second kappa shape index (κ2) is 9.79. The number of carboxylic acid groups (broad SMARTS) is 1. The monoisotopic (exact) mass is 495 g/mol. The van der Waals surface area contributed by atoms with Crippen molar-refractivity contribution >= 4 is 16.7 Å². The van der Waals surface area contributed by atoms with Crippen LogP contribution in [0.2, 0.25) is 0 Å². The van der Waals surface area contributed by atoms with Crippen LogP contribution in [0.15, 0.2) is 72.8 Å². The molecule has 0 spiro atoms. The van der Waals surface area contributed by atoms with Crippen molar-refractivity contribution in [2.24, 2.45) is 0 Å². The molecular formula is C31H29NO5. The number of phenolic OH excluding ortho intramolecular Hbond substituents is 1. The van der Waals surface area contributed by atoms with Gasteiger partial charge in [-0.05, 0) is 90.3 Å². The first-order valence-electron chi connectivity index (χ1n) is 12.8. The van der Waals surface area contributed by atoms with Crippen LogP contribution in [0.4, 0.5) is 0 Å². The molecule has 1 fully saturated rings. The van der Waals surface area contributed by atoms with Gasteiger partial charge in [0.15, 0.2) is 6.10 Å². The van der Waals surface area contributed by atoms with E-state index in [1.54, 1.807) is 30.3 Å². The number of nitrogens with zero attached hydrogens (tertiary/aromatic N) is 1. The van der Waals surface area contributed by atoms with E-state index in [4.69, 9.17) is 9.47 Å². The number of hydrogen-bond donors (Lipinski definition) is 2. The molecule has 188 valence electrons. The first-order valence-corrected chi connectivity index (χ1v) is 12.8. The Morgan fingerprint density at radius 2 is 1.73 bits per heavy atom. The van der Waals surface area contributed by atoms with Crippen molar-refractivity contribution in [1.82, 2.24) is 4.90 Å². The smallest absolute Gasteiger partial charge is 0.335 e. The molecule has 6 nitrogen and oxygen atoms in total. The van der Waals surface area contributed by atoms with Gasteiger partial charge in [-0.1, -0.05) is 36.8 Å². The third-order valence-electron chi connectivity index (χ3n) is 7.38. The lowest BCUT2D eigenvalue weighted by molar-refractivity contribution is 0.0697. The zero-order chi connectivity index (χ0) is 25.4. The first kappa shape index (κ1) is 23.4. The molecule has 2 heterocycles. The van der Waals surface area contributed by atoms with Gasteiger partial charge in [-0.3, -0.25) is 4.90 Å². The van der Waals surface area contributed by atoms with E-state index < -0.39 is 12.1 Å². The lowest BCUT2D eigenvalue weighted by Crippen LogP contribution is -2.33. The molecule has 0 saturated carbocycles. The zero-order valence-corrected chi connectivity index (χ0v) is 20.5. The second-order valence-corrected chi connectivity index (χ2v) is 9.77. The quantitative estimate of drug-likeness (QED) is 0.329. The summed E-state index contributed by atoms with van der Waals surface area (Å²) in [5.74, 6) is 0.682. The third-order valence-corrected chi connectivity index (χ3v) is 7.38. The summed E-state index contributed by atoms with van der Waals surface area (Å²) in [5, 5.41) is 21.4. The van der Waals surface area contributed by atoms with Gasteiger partial charge >= 0.3 is 5.97 Å². The number of carboxylic acids is 1. The molecule has 37 heavy (non-hydrogen) atoms. The van der Waals surface area contributed by atoms with Gasteiger partial charge in [0.25, 0.3) is 0 Å². The van der Waals surface area contributed by atoms with Gasteiger partial charge in [-0.15, -0.1) is 0 Å². The fourth-order valence-corrected chi connectivity index (χ4v) is 5.47. The Kier molecular flexibility index (Phi) is 6.18. The minimum atomic E-state index is -0.979. The molecule has 0 bridgehead atoms. The van der Waals surface area contributed by atoms with Crippen molar-refractivity contribution in [3.05, 3.63) is 89.5 Å². The summed E-state index contributed by atoms with van der Waals surface area (Å²) >= 11 is 0. The summed E-state index contributed by atoms with van der Waals surface area (Å²) < 4.78 is 12.5. The lowest BCUT2D eigenvalue weighted by Gasteiger charge is -2.31. The third kappa shape index (κ3) is 4.60. The number of carbonyl (C=O) groups is 1. The maximum absolute atomic E-state index is 11.6. The summed E-state index contributed by atoms with van der Waals surface area (Å²) in [6.07, 6.45) is 3.47. The Morgan fingerprint density at radius 1 is 0.919 bits per heavy atom. The van der Waals surface area contributed by atoms with Crippen molar-refractivity contribution in [1.29, 1.82) is 0 Å². The van der Waals surface area contributed by atoms with E-state index in [2.05, 4.69) is 4.90 Å². The van der Waals surface area contributed by atoms with Gasteiger partial charge < -0.3 is 19.7 Å². The van der Waals surface area contributed by atoms with Crippen LogP contribution in [0.1, 0.15) is 46.9 Å². The fourth-order valence-electron chi connectivity index (χ4n) is 5.47. The largest absolute Gasteiger partial charge is 0.508 e. The van der Waals surface area contributed by atoms with Crippen LogP contribution in [0.25, 0.3) is 21.9 Å². The molecule has 1 atom stereocenters. The number of hydrogen-bond acceptors (Lipinski definition) is 5. The van der Waals surface area contributed by atoms with Crippen LogP contribution in [-0.2, 0) is 0 Å². The van der Waals surface area contributed by atoms with E-state index in [-0.39, 0.29) is 11.3 Å². The predicted octanol–water partition coefficient (Wildman–Crippen LogP) is 6.26. The predicted molar refractivity (Wildman–Crippen MR) is 143 cm³/mol. The van der Waals surface area contributed by atoms with Crippen molar-refractivity contribution < 1.29 is 24.5 Å². The number of ether oxygens (including phenoxy) is 2. The van der Waals surface area contributed by atoms with Crippen LogP contribution in [0.3, 0.4) is 0 Å². The van der Waals surface area contributed by atoms with Crippen LogP contribution in [0.5, 0.6) is 17.2 Å². The molecule has 0 aromatic heterocycles. The molecule has 4 aromatic carbocycles. The summed E-state index contributed by atoms with van der Waals surface area (Å²) in [4.78, 5) is 14.1. The Bertz CT molecular complexity index is 1460. The lowest BCUT2D eigenvalue weighted by atomic mass is 9.85. The number of rotatable bonds is 6. The summed E-state index contributed by atoms with van der Waals surface area (Å²) in [7, 11) is 0. The summed E-state index contributed by atoms with van der Waals surface area (Å²) in [6, 6.07) is 22.2. The van der Waals surface area contributed by atoms with E-state index in [1.807, 2.05) is 42.5 Å². The SMILES string of the molecule is O=C(O)c1ccc2c(c1)-c1ccc3cc(O)ccc3c1C(c1ccc(OCCN3CCCCC3)cc1)O2. The van der Waals surface area contributed by atoms with Crippen LogP contribution >= 0.6 is 0 Å². The molecule has 0 radical (unpaired) electrons. The Morgan fingerprint density at radius 3 is 2.51 bits per heavy atom. The number of aromatic hydroxyl groups is 1. The van der Waals surface area contributed by atoms with Crippen molar-refractivity contribution in [2.45, 2.75) is 25.4 Å². The number of benzene rings is 4. The highest BCUT2D eigenvalue weighted by Crippen LogP contribution is 2.48. The zero-order valence-electron chi connectivity index (χ0n) is 20.5. The molecule has 2 aliphatic heterocycles. The van der Waals surface area contributed by atoms with Crippen molar-refractivity contribution in [3.63, 3.8) is 0 Å². The molecule has 1 unspecified atom stereocenters. The highest BCUT2D eigenvalue weighted by molar-refractivity contribution is 5.97. The second-order valence-electron chi connectivity index (χ2n) is 9.77. The molecule has 0 aliphatic carbocycles. The van der Waals surface area contributed by atoms with Gasteiger partial charge in [0.05, 0.1) is 5.56 Å². The molecule has 0 amide bonds. The van der Waals surface area contributed by atoms with E-state index >= 15 is 0 Å². The molecule has 2 N–H and O–H groups in total. The van der Waals surface area contributed by atoms with E-state index in [9.17, 15) is 15.0 Å². The molecule has 2 aliphatic rings. The maximum atomic E-state index is 11.6. The average Bonchev–Trinajstić information content (AvgIpc) is 2.93. The van der Waals surface area contributed by atoms with E-state index in [1.165, 1.54) is 19.3 Å². The Balaban J connectivity index is 1.33. The Labute approximate surface area is 215 Å². The van der Waals surface area contributed by atoms with Crippen LogP contribution < -0.4 is 9.47 Å². The standard InChI is InChI=1S/C31H29NO5/c33-23-8-12-25-21(18-23)6-11-26-27-19-22(31(34)35)7-13-28(27)37-30(29(25)26)20-4-9-24(10-5-20)36-17-16-32-14-2-1-3-15-32/h4-13,18-19,30,33H,1-3,14-17H2,(H,34,35). The van der Waals surface area contributed by atoms with Crippen LogP contribution in [0, 0.1) is 0 Å². The highest BCUT2D eigenvalue weighted by Gasteiger charge is 2.30. The van der Waals surface area contributed by atoms with Crippen molar-refractivity contribution in [3.8, 4) is 28.4 Å². The number of aromatic carboxylic acids is 1. The molecular weight excluding hydrogens is 466 g/mol. The van der Waals surface area contributed by atoms with E-state index in [0.717, 1.165) is 58.4 Å². The molecule has 1 saturated heterocycles. The topological polar surface area (TPSA) is 79.2 Å². The minimum Gasteiger partial charge on any atom is -0.508 e. The number of phenols is 1. The fraction of sp³-hybridized carbons (Fsp3) is 0.258. The van der Waals surface area contributed by atoms with Crippen LogP contribution in [-0.4, -0.2) is 47.3 Å². The average molecular weight is 496 g/mol. The number of likely N-dealkylation sites (tertiary alicyclic amines) is 1. The molecule has 4 aromatic rings. The van der Waals surface area contributed by atoms with E-state index in [0.29, 0.717) is 12.4 Å². The maximum Gasteiger partial charge on any atom is 0.335 e. The van der Waals surface area contributed by atoms with Crippen molar-refractivity contribution in [2.75, 3.05) is 26.2 Å². The number of piperidine rings is 1. The van der Waals surface area contributed by atoms with Gasteiger partial charge in [0.2, 0.25) is 0 Å². The van der Waals surface area contributed by atoms with Gasteiger partial charge in [-0.2, -0.15) is 0 Å². The normalized spacial score (nSPS) is 17.0. The summed E-state index contributed by atoms with van der Waals surface area (Å²) in [6.45, 7) is 3.91. The molecule has 6 rings (SSSR count). The number of fused-ring (bicyclic) bond motifs is 5. The van der Waals surface area contributed by atoms with Gasteiger partial charge in [0, 0.05) is 17.7 Å². The first-order chi connectivity index (χ1) is 18.1. The highest BCUT2D eigenvalue weighted by atomic mass is 16.5. The minimum absolute atomic E-state index is 0.195. The van der Waals surface area contributed by atoms with Gasteiger partial charge in [0.1, 0.15) is 23.9 Å². The van der Waals surface area contributed by atoms with Gasteiger partial charge in [-0.25, -0.2) is 4.79 Å².